The maximum Gasteiger partial charge on any atom is 0.224 e. The third-order valence-corrected chi connectivity index (χ3v) is 2.71. The van der Waals surface area contributed by atoms with Crippen LogP contribution in [0.1, 0.15) is 19.8 Å². The SMILES string of the molecule is CC(Nc1ccnc(Cl)n1)C1CCCO1. The van der Waals surface area contributed by atoms with Crippen molar-refractivity contribution < 1.29 is 4.74 Å². The third-order valence-electron chi connectivity index (χ3n) is 2.52. The lowest BCUT2D eigenvalue weighted by molar-refractivity contribution is 0.0995. The van der Waals surface area contributed by atoms with Gasteiger partial charge in [-0.1, -0.05) is 0 Å². The molecule has 1 fully saturated rings. The molecule has 2 heterocycles. The highest BCUT2D eigenvalue weighted by Crippen LogP contribution is 2.18. The maximum atomic E-state index is 5.69. The molecule has 82 valence electrons. The minimum atomic E-state index is 0.249. The van der Waals surface area contributed by atoms with Crippen LogP contribution in [0.3, 0.4) is 0 Å². The molecule has 1 aromatic heterocycles. The first kappa shape index (κ1) is 10.6. The second-order valence-corrected chi connectivity index (χ2v) is 4.03. The summed E-state index contributed by atoms with van der Waals surface area (Å²) in [4.78, 5) is 7.90. The number of nitrogens with zero attached hydrogens (tertiary/aromatic N) is 2. The molecule has 4 nitrogen and oxygen atoms in total. The first-order chi connectivity index (χ1) is 7.25. The van der Waals surface area contributed by atoms with Crippen molar-refractivity contribution in [2.45, 2.75) is 31.9 Å². The van der Waals surface area contributed by atoms with Gasteiger partial charge in [-0.15, -0.1) is 0 Å². The van der Waals surface area contributed by atoms with Gasteiger partial charge in [-0.05, 0) is 37.4 Å². The second kappa shape index (κ2) is 4.77. The molecule has 0 spiro atoms. The number of aromatic nitrogens is 2. The van der Waals surface area contributed by atoms with E-state index in [2.05, 4.69) is 22.2 Å². The number of hydrogen-bond donors (Lipinski definition) is 1. The molecule has 15 heavy (non-hydrogen) atoms. The van der Waals surface area contributed by atoms with Gasteiger partial charge in [0.2, 0.25) is 5.28 Å². The van der Waals surface area contributed by atoms with E-state index >= 15 is 0 Å². The lowest BCUT2D eigenvalue weighted by Crippen LogP contribution is -2.30. The summed E-state index contributed by atoms with van der Waals surface area (Å²) in [6.07, 6.45) is 4.16. The van der Waals surface area contributed by atoms with Crippen LogP contribution in [-0.2, 0) is 4.74 Å². The molecule has 1 aliphatic heterocycles. The molecular weight excluding hydrogens is 214 g/mol. The monoisotopic (exact) mass is 227 g/mol. The predicted molar refractivity (Wildman–Crippen MR) is 59.1 cm³/mol. The average Bonchev–Trinajstić information content (AvgIpc) is 2.70. The number of halogens is 1. The van der Waals surface area contributed by atoms with E-state index in [9.17, 15) is 0 Å². The highest BCUT2D eigenvalue weighted by atomic mass is 35.5. The summed E-state index contributed by atoms with van der Waals surface area (Å²) in [5.74, 6) is 0.748. The predicted octanol–water partition coefficient (Wildman–Crippen LogP) is 2.11. The summed E-state index contributed by atoms with van der Waals surface area (Å²) in [7, 11) is 0. The van der Waals surface area contributed by atoms with Gasteiger partial charge in [0.05, 0.1) is 12.1 Å². The fraction of sp³-hybridized carbons (Fsp3) is 0.600. The molecule has 0 bridgehead atoms. The molecule has 2 rings (SSSR count). The van der Waals surface area contributed by atoms with Crippen molar-refractivity contribution in [1.82, 2.24) is 9.97 Å². The van der Waals surface area contributed by atoms with Crippen LogP contribution in [0.2, 0.25) is 5.28 Å². The van der Waals surface area contributed by atoms with E-state index < -0.39 is 0 Å². The molecule has 2 unspecified atom stereocenters. The molecule has 5 heteroatoms. The first-order valence-corrected chi connectivity index (χ1v) is 5.50. The smallest absolute Gasteiger partial charge is 0.224 e. The summed E-state index contributed by atoms with van der Waals surface area (Å²) < 4.78 is 5.58. The number of nitrogens with one attached hydrogen (secondary N) is 1. The Balaban J connectivity index is 1.95. The Morgan fingerprint density at radius 2 is 2.53 bits per heavy atom. The van der Waals surface area contributed by atoms with Crippen molar-refractivity contribution in [2.24, 2.45) is 0 Å². The number of hydrogen-bond acceptors (Lipinski definition) is 4. The van der Waals surface area contributed by atoms with Crippen molar-refractivity contribution in [2.75, 3.05) is 11.9 Å². The largest absolute Gasteiger partial charge is 0.376 e. The van der Waals surface area contributed by atoms with E-state index in [4.69, 9.17) is 16.3 Å². The van der Waals surface area contributed by atoms with Crippen LogP contribution in [0.25, 0.3) is 0 Å². The van der Waals surface area contributed by atoms with E-state index in [1.165, 1.54) is 0 Å². The molecule has 0 aromatic carbocycles. The molecule has 0 amide bonds. The van der Waals surface area contributed by atoms with Crippen LogP contribution in [0.4, 0.5) is 5.82 Å². The highest BCUT2D eigenvalue weighted by Gasteiger charge is 2.22. The van der Waals surface area contributed by atoms with Gasteiger partial charge in [0.1, 0.15) is 5.82 Å². The summed E-state index contributed by atoms with van der Waals surface area (Å²) in [5.41, 5.74) is 0. The lowest BCUT2D eigenvalue weighted by atomic mass is 10.1. The van der Waals surface area contributed by atoms with Gasteiger partial charge in [-0.2, -0.15) is 0 Å². The minimum absolute atomic E-state index is 0.249. The molecule has 0 saturated carbocycles. The van der Waals surface area contributed by atoms with Gasteiger partial charge in [0.15, 0.2) is 0 Å². The lowest BCUT2D eigenvalue weighted by Gasteiger charge is -2.20. The maximum absolute atomic E-state index is 5.69. The molecule has 1 aliphatic rings. The molecule has 1 saturated heterocycles. The normalized spacial score (nSPS) is 22.7. The van der Waals surface area contributed by atoms with E-state index in [0.29, 0.717) is 0 Å². The molecule has 0 radical (unpaired) electrons. The Hall–Kier alpha value is -0.870. The van der Waals surface area contributed by atoms with Gasteiger partial charge in [0, 0.05) is 12.8 Å². The van der Waals surface area contributed by atoms with E-state index in [1.807, 2.05) is 0 Å². The topological polar surface area (TPSA) is 47.0 Å². The van der Waals surface area contributed by atoms with Crippen molar-refractivity contribution in [3.63, 3.8) is 0 Å². The van der Waals surface area contributed by atoms with Crippen molar-refractivity contribution in [3.8, 4) is 0 Å². The Bertz CT molecular complexity index is 328. The van der Waals surface area contributed by atoms with E-state index in [1.54, 1.807) is 12.3 Å². The zero-order chi connectivity index (χ0) is 10.7. The van der Waals surface area contributed by atoms with Crippen LogP contribution < -0.4 is 5.32 Å². The van der Waals surface area contributed by atoms with Crippen LogP contribution in [0.5, 0.6) is 0 Å². The standard InChI is InChI=1S/C10H14ClN3O/c1-7(8-3-2-6-15-8)13-9-4-5-12-10(11)14-9/h4-5,7-8H,2-3,6H2,1H3,(H,12,13,14). The van der Waals surface area contributed by atoms with E-state index in [0.717, 1.165) is 25.3 Å². The summed E-state index contributed by atoms with van der Waals surface area (Å²) in [6, 6.07) is 2.05. The summed E-state index contributed by atoms with van der Waals surface area (Å²) >= 11 is 5.69. The average molecular weight is 228 g/mol. The Labute approximate surface area is 94.0 Å². The van der Waals surface area contributed by atoms with Gasteiger partial charge < -0.3 is 10.1 Å². The molecule has 0 aliphatic carbocycles. The zero-order valence-corrected chi connectivity index (χ0v) is 9.37. The van der Waals surface area contributed by atoms with Crippen LogP contribution in [0.15, 0.2) is 12.3 Å². The molecule has 1 N–H and O–H groups in total. The van der Waals surface area contributed by atoms with Gasteiger partial charge in [-0.25, -0.2) is 9.97 Å². The van der Waals surface area contributed by atoms with E-state index in [-0.39, 0.29) is 17.4 Å². The Morgan fingerprint density at radius 3 is 3.20 bits per heavy atom. The van der Waals surface area contributed by atoms with Crippen LogP contribution in [0, 0.1) is 0 Å². The quantitative estimate of drug-likeness (QED) is 0.804. The fourth-order valence-corrected chi connectivity index (χ4v) is 1.89. The summed E-state index contributed by atoms with van der Waals surface area (Å²) in [5, 5.41) is 3.53. The van der Waals surface area contributed by atoms with Gasteiger partial charge in [-0.3, -0.25) is 0 Å². The molecule has 2 atom stereocenters. The first-order valence-electron chi connectivity index (χ1n) is 5.12. The third kappa shape index (κ3) is 2.79. The highest BCUT2D eigenvalue weighted by molar-refractivity contribution is 6.28. The van der Waals surface area contributed by atoms with Gasteiger partial charge in [0.25, 0.3) is 0 Å². The Kier molecular flexibility index (Phi) is 3.38. The van der Waals surface area contributed by atoms with Gasteiger partial charge >= 0.3 is 0 Å². The number of ether oxygens (including phenoxy) is 1. The molecule has 1 aromatic rings. The van der Waals surface area contributed by atoms with Crippen molar-refractivity contribution >= 4 is 17.4 Å². The number of anilines is 1. The van der Waals surface area contributed by atoms with Crippen molar-refractivity contribution in [3.05, 3.63) is 17.5 Å². The zero-order valence-electron chi connectivity index (χ0n) is 8.61. The fourth-order valence-electron chi connectivity index (χ4n) is 1.74. The van der Waals surface area contributed by atoms with Crippen molar-refractivity contribution in [1.29, 1.82) is 0 Å². The summed E-state index contributed by atoms with van der Waals surface area (Å²) in [6.45, 7) is 2.95. The Morgan fingerprint density at radius 1 is 1.67 bits per heavy atom. The van der Waals surface area contributed by atoms with Crippen LogP contribution in [-0.4, -0.2) is 28.7 Å². The second-order valence-electron chi connectivity index (χ2n) is 3.70. The number of rotatable bonds is 3. The van der Waals surface area contributed by atoms with Crippen LogP contribution >= 0.6 is 11.6 Å². The minimum Gasteiger partial charge on any atom is -0.376 e. The molecular formula is C10H14ClN3O.